The molecule has 1 N–H and O–H groups in total. The summed E-state index contributed by atoms with van der Waals surface area (Å²) in [5.41, 5.74) is 2.15. The maximum Gasteiger partial charge on any atom is 0.193 e. The standard InChI is InChI=1S/C17H26N6OS.HI/c1-13-16(25-14(2)20-13)4-6-19-17(18-3)23-9-7-22(8-10-23)12-15-5-11-24-21-15;/h5,11H,4,6-10,12H2,1-3H3,(H,18,19);1H. The second-order valence-electron chi connectivity index (χ2n) is 6.22. The van der Waals surface area contributed by atoms with Crippen molar-refractivity contribution in [2.24, 2.45) is 4.99 Å². The summed E-state index contributed by atoms with van der Waals surface area (Å²) in [4.78, 5) is 15.0. The maximum absolute atomic E-state index is 4.90. The number of aliphatic imine (C=N–C) groups is 1. The normalized spacial score (nSPS) is 15.8. The Balaban J connectivity index is 0.00000243. The van der Waals surface area contributed by atoms with E-state index in [1.807, 2.05) is 13.1 Å². The Morgan fingerprint density at radius 3 is 2.65 bits per heavy atom. The summed E-state index contributed by atoms with van der Waals surface area (Å²) in [6.45, 7) is 9.82. The molecule has 0 amide bonds. The predicted molar refractivity (Wildman–Crippen MR) is 115 cm³/mol. The van der Waals surface area contributed by atoms with Crippen molar-refractivity contribution in [3.63, 3.8) is 0 Å². The van der Waals surface area contributed by atoms with E-state index in [1.165, 1.54) is 4.88 Å². The van der Waals surface area contributed by atoms with Gasteiger partial charge in [0.05, 0.1) is 16.4 Å². The Bertz CT molecular complexity index is 694. The second kappa shape index (κ2) is 10.2. The van der Waals surface area contributed by atoms with E-state index in [0.717, 1.165) is 68.0 Å². The van der Waals surface area contributed by atoms with E-state index in [9.17, 15) is 0 Å². The van der Waals surface area contributed by atoms with Gasteiger partial charge in [0.15, 0.2) is 5.96 Å². The van der Waals surface area contributed by atoms with Gasteiger partial charge in [-0.05, 0) is 13.8 Å². The van der Waals surface area contributed by atoms with Crippen LogP contribution in [0.5, 0.6) is 0 Å². The molecule has 2 aromatic heterocycles. The van der Waals surface area contributed by atoms with E-state index < -0.39 is 0 Å². The average molecular weight is 490 g/mol. The van der Waals surface area contributed by atoms with Crippen LogP contribution in [0.3, 0.4) is 0 Å². The van der Waals surface area contributed by atoms with Crippen molar-refractivity contribution in [3.8, 4) is 0 Å². The number of rotatable bonds is 5. The minimum Gasteiger partial charge on any atom is -0.364 e. The van der Waals surface area contributed by atoms with E-state index in [1.54, 1.807) is 17.6 Å². The maximum atomic E-state index is 4.90. The highest BCUT2D eigenvalue weighted by Crippen LogP contribution is 2.17. The van der Waals surface area contributed by atoms with Crippen LogP contribution in [0.15, 0.2) is 21.8 Å². The third-order valence-corrected chi connectivity index (χ3v) is 5.53. The fraction of sp³-hybridized carbons (Fsp3) is 0.588. The summed E-state index contributed by atoms with van der Waals surface area (Å²) in [6.07, 6.45) is 2.62. The topological polar surface area (TPSA) is 69.8 Å². The molecule has 1 saturated heterocycles. The Labute approximate surface area is 175 Å². The van der Waals surface area contributed by atoms with Gasteiger partial charge in [0, 0.05) is 63.7 Å². The smallest absolute Gasteiger partial charge is 0.193 e. The van der Waals surface area contributed by atoms with Gasteiger partial charge >= 0.3 is 0 Å². The molecular weight excluding hydrogens is 463 g/mol. The monoisotopic (exact) mass is 490 g/mol. The summed E-state index contributed by atoms with van der Waals surface area (Å²) in [5, 5.41) is 8.62. The number of thiazole rings is 1. The van der Waals surface area contributed by atoms with Crippen molar-refractivity contribution < 1.29 is 4.52 Å². The molecule has 9 heteroatoms. The molecule has 0 aliphatic carbocycles. The summed E-state index contributed by atoms with van der Waals surface area (Å²) < 4.78 is 4.90. The first-order chi connectivity index (χ1) is 12.2. The van der Waals surface area contributed by atoms with Crippen LogP contribution >= 0.6 is 35.3 Å². The van der Waals surface area contributed by atoms with Gasteiger partial charge in [-0.15, -0.1) is 35.3 Å². The van der Waals surface area contributed by atoms with Crippen LogP contribution in [0.2, 0.25) is 0 Å². The minimum absolute atomic E-state index is 0. The summed E-state index contributed by atoms with van der Waals surface area (Å²) in [6, 6.07) is 1.93. The second-order valence-corrected chi connectivity index (χ2v) is 7.51. The van der Waals surface area contributed by atoms with Crippen molar-refractivity contribution in [2.75, 3.05) is 39.8 Å². The van der Waals surface area contributed by atoms with E-state index in [4.69, 9.17) is 4.52 Å². The molecule has 0 atom stereocenters. The molecule has 1 aliphatic heterocycles. The van der Waals surface area contributed by atoms with E-state index >= 15 is 0 Å². The first-order valence-corrected chi connectivity index (χ1v) is 9.47. The molecule has 1 aliphatic rings. The average Bonchev–Trinajstić information content (AvgIpc) is 3.22. The molecular formula is C17H27IN6OS. The van der Waals surface area contributed by atoms with Crippen molar-refractivity contribution >= 4 is 41.3 Å². The van der Waals surface area contributed by atoms with Crippen LogP contribution in [-0.4, -0.2) is 65.7 Å². The molecule has 3 heterocycles. The van der Waals surface area contributed by atoms with Crippen LogP contribution in [0, 0.1) is 13.8 Å². The minimum atomic E-state index is 0. The Kier molecular flexibility index (Phi) is 8.29. The van der Waals surface area contributed by atoms with Crippen LogP contribution in [0.25, 0.3) is 0 Å². The summed E-state index contributed by atoms with van der Waals surface area (Å²) in [5.74, 6) is 0.986. The summed E-state index contributed by atoms with van der Waals surface area (Å²) >= 11 is 1.79. The van der Waals surface area contributed by atoms with E-state index in [2.05, 4.69) is 44.1 Å². The highest BCUT2D eigenvalue weighted by Gasteiger charge is 2.20. The molecule has 7 nitrogen and oxygen atoms in total. The lowest BCUT2D eigenvalue weighted by molar-refractivity contribution is 0.169. The van der Waals surface area contributed by atoms with Crippen LogP contribution < -0.4 is 5.32 Å². The number of aryl methyl sites for hydroxylation is 2. The van der Waals surface area contributed by atoms with Gasteiger partial charge in [-0.25, -0.2) is 4.98 Å². The largest absolute Gasteiger partial charge is 0.364 e. The first kappa shape index (κ1) is 21.1. The van der Waals surface area contributed by atoms with Gasteiger partial charge in [-0.3, -0.25) is 9.89 Å². The summed E-state index contributed by atoms with van der Waals surface area (Å²) in [7, 11) is 1.85. The number of piperazine rings is 1. The van der Waals surface area contributed by atoms with Crippen LogP contribution in [0.1, 0.15) is 21.3 Å². The molecule has 2 aromatic rings. The Hall–Kier alpha value is -1.20. The zero-order valence-corrected chi connectivity index (χ0v) is 18.7. The molecule has 0 radical (unpaired) electrons. The van der Waals surface area contributed by atoms with Crippen molar-refractivity contribution in [1.29, 1.82) is 0 Å². The lowest BCUT2D eigenvalue weighted by Gasteiger charge is -2.36. The highest BCUT2D eigenvalue weighted by molar-refractivity contribution is 14.0. The van der Waals surface area contributed by atoms with E-state index in [-0.39, 0.29) is 24.0 Å². The number of hydrogen-bond donors (Lipinski definition) is 1. The van der Waals surface area contributed by atoms with Crippen molar-refractivity contribution in [1.82, 2.24) is 25.3 Å². The SMILES string of the molecule is CN=C(NCCc1sc(C)nc1C)N1CCN(Cc2ccon2)CC1.I. The highest BCUT2D eigenvalue weighted by atomic mass is 127. The quantitative estimate of drug-likeness (QED) is 0.394. The van der Waals surface area contributed by atoms with Crippen LogP contribution in [-0.2, 0) is 13.0 Å². The molecule has 26 heavy (non-hydrogen) atoms. The zero-order chi connectivity index (χ0) is 17.6. The molecule has 0 saturated carbocycles. The molecule has 0 unspecified atom stereocenters. The van der Waals surface area contributed by atoms with Gasteiger partial charge in [0.25, 0.3) is 0 Å². The van der Waals surface area contributed by atoms with Crippen molar-refractivity contribution in [3.05, 3.63) is 33.6 Å². The molecule has 144 valence electrons. The third-order valence-electron chi connectivity index (χ3n) is 4.40. The Morgan fingerprint density at radius 1 is 1.31 bits per heavy atom. The van der Waals surface area contributed by atoms with Crippen LogP contribution in [0.4, 0.5) is 0 Å². The number of nitrogens with one attached hydrogen (secondary N) is 1. The van der Waals surface area contributed by atoms with Crippen molar-refractivity contribution in [2.45, 2.75) is 26.8 Å². The lowest BCUT2D eigenvalue weighted by Crippen LogP contribution is -2.52. The number of halogens is 1. The molecule has 0 spiro atoms. The third kappa shape index (κ3) is 5.65. The zero-order valence-electron chi connectivity index (χ0n) is 15.6. The molecule has 0 bridgehead atoms. The van der Waals surface area contributed by atoms with Gasteiger partial charge in [-0.2, -0.15) is 0 Å². The number of nitrogens with zero attached hydrogens (tertiary/aromatic N) is 5. The first-order valence-electron chi connectivity index (χ1n) is 8.66. The number of aromatic nitrogens is 2. The van der Waals surface area contributed by atoms with Gasteiger partial charge in [0.1, 0.15) is 6.26 Å². The number of hydrogen-bond acceptors (Lipinski definition) is 6. The van der Waals surface area contributed by atoms with E-state index in [0.29, 0.717) is 0 Å². The Morgan fingerprint density at radius 2 is 2.08 bits per heavy atom. The van der Waals surface area contributed by atoms with Gasteiger partial charge < -0.3 is 14.7 Å². The molecule has 1 fully saturated rings. The van der Waals surface area contributed by atoms with Gasteiger partial charge in [-0.1, -0.05) is 5.16 Å². The fourth-order valence-electron chi connectivity index (χ4n) is 3.09. The molecule has 0 aromatic carbocycles. The van der Waals surface area contributed by atoms with Gasteiger partial charge in [0.2, 0.25) is 0 Å². The predicted octanol–water partition coefficient (Wildman–Crippen LogP) is 2.30. The molecule has 3 rings (SSSR count). The number of guanidine groups is 1. The fourth-order valence-corrected chi connectivity index (χ4v) is 4.03. The lowest BCUT2D eigenvalue weighted by atomic mass is 10.3.